The summed E-state index contributed by atoms with van der Waals surface area (Å²) in [5, 5.41) is 0. The second kappa shape index (κ2) is 6.77. The molecule has 22 heavy (non-hydrogen) atoms. The number of aliphatic imine (C=N–C) groups is 2. The third-order valence-electron chi connectivity index (χ3n) is 4.07. The second-order valence-corrected chi connectivity index (χ2v) is 5.19. The highest BCUT2D eigenvalue weighted by Crippen LogP contribution is 2.36. The molecule has 0 aromatic heterocycles. The minimum Gasteiger partial charge on any atom is -0.211 e. The summed E-state index contributed by atoms with van der Waals surface area (Å²) in [6.45, 7) is 4.28. The van der Waals surface area contributed by atoms with Crippen LogP contribution in [0.4, 0.5) is 11.4 Å². The van der Waals surface area contributed by atoms with Gasteiger partial charge in [0.05, 0.1) is 11.4 Å². The Morgan fingerprint density at radius 2 is 1.18 bits per heavy atom. The first-order valence-electron chi connectivity index (χ1n) is 7.01. The molecule has 0 spiro atoms. The van der Waals surface area contributed by atoms with Crippen molar-refractivity contribution in [3.8, 4) is 0 Å². The van der Waals surface area contributed by atoms with Crippen molar-refractivity contribution in [2.75, 3.05) is 0 Å². The minimum atomic E-state index is -0.174. The summed E-state index contributed by atoms with van der Waals surface area (Å²) in [6, 6.07) is 15.1. The molecule has 4 nitrogen and oxygen atoms in total. The van der Waals surface area contributed by atoms with Gasteiger partial charge in [0.15, 0.2) is 0 Å². The number of hydrogen-bond acceptors (Lipinski definition) is 4. The minimum absolute atomic E-state index is 0.174. The van der Waals surface area contributed by atoms with Gasteiger partial charge in [0.25, 0.3) is 0 Å². The molecule has 4 heteroatoms. The van der Waals surface area contributed by atoms with E-state index in [1.807, 2.05) is 24.3 Å². The fourth-order valence-corrected chi connectivity index (χ4v) is 2.49. The third kappa shape index (κ3) is 3.09. The van der Waals surface area contributed by atoms with E-state index in [4.69, 9.17) is 0 Å². The molecule has 0 aliphatic carbocycles. The van der Waals surface area contributed by atoms with Gasteiger partial charge in [-0.25, -0.2) is 9.59 Å². The average Bonchev–Trinajstić information content (AvgIpc) is 2.56. The van der Waals surface area contributed by atoms with Crippen LogP contribution in [0.15, 0.2) is 58.5 Å². The first-order valence-corrected chi connectivity index (χ1v) is 7.01. The zero-order valence-electron chi connectivity index (χ0n) is 12.5. The van der Waals surface area contributed by atoms with Gasteiger partial charge in [-0.15, -0.1) is 0 Å². The number of isocyanates is 2. The number of benzene rings is 2. The lowest BCUT2D eigenvalue weighted by Gasteiger charge is -2.30. The molecule has 0 radical (unpaired) electrons. The van der Waals surface area contributed by atoms with Gasteiger partial charge in [0.1, 0.15) is 0 Å². The van der Waals surface area contributed by atoms with Gasteiger partial charge < -0.3 is 0 Å². The van der Waals surface area contributed by atoms with E-state index in [-0.39, 0.29) is 5.41 Å². The van der Waals surface area contributed by atoms with E-state index >= 15 is 0 Å². The maximum absolute atomic E-state index is 10.3. The molecule has 110 valence electrons. The smallest absolute Gasteiger partial charge is 0.211 e. The highest BCUT2D eigenvalue weighted by atomic mass is 16.1. The molecule has 0 aliphatic rings. The zero-order chi connectivity index (χ0) is 16.0. The topological polar surface area (TPSA) is 58.9 Å². The van der Waals surface area contributed by atoms with Crippen LogP contribution in [0.5, 0.6) is 0 Å². The normalized spacial score (nSPS) is 12.6. The van der Waals surface area contributed by atoms with Crippen LogP contribution < -0.4 is 0 Å². The molecule has 0 atom stereocenters. The summed E-state index contributed by atoms with van der Waals surface area (Å²) >= 11 is 0. The Bertz CT molecular complexity index is 674. The Balaban J connectivity index is 2.42. The van der Waals surface area contributed by atoms with Gasteiger partial charge in [-0.3, -0.25) is 0 Å². The third-order valence-corrected chi connectivity index (χ3v) is 4.07. The van der Waals surface area contributed by atoms with Crippen LogP contribution >= 0.6 is 0 Å². The van der Waals surface area contributed by atoms with Crippen LogP contribution in [0.2, 0.25) is 0 Å². The van der Waals surface area contributed by atoms with Crippen molar-refractivity contribution >= 4 is 23.5 Å². The van der Waals surface area contributed by atoms with E-state index in [0.29, 0.717) is 11.4 Å². The van der Waals surface area contributed by atoms with Crippen LogP contribution in [-0.4, -0.2) is 12.2 Å². The maximum Gasteiger partial charge on any atom is 0.240 e. The van der Waals surface area contributed by atoms with Crippen molar-refractivity contribution in [1.82, 2.24) is 0 Å². The van der Waals surface area contributed by atoms with Crippen LogP contribution in [0.1, 0.15) is 31.4 Å². The van der Waals surface area contributed by atoms with Crippen molar-refractivity contribution in [3.05, 3.63) is 59.7 Å². The lowest BCUT2D eigenvalue weighted by Crippen LogP contribution is -2.22. The van der Waals surface area contributed by atoms with Crippen LogP contribution in [0.25, 0.3) is 0 Å². The van der Waals surface area contributed by atoms with Gasteiger partial charge in [-0.1, -0.05) is 38.1 Å². The van der Waals surface area contributed by atoms with Gasteiger partial charge in [-0.2, -0.15) is 9.98 Å². The summed E-state index contributed by atoms with van der Waals surface area (Å²) in [5.41, 5.74) is 3.27. The molecule has 2 rings (SSSR count). The molecule has 2 aromatic rings. The molecule has 2 aromatic carbocycles. The van der Waals surface area contributed by atoms with E-state index in [1.54, 1.807) is 24.3 Å². The summed E-state index contributed by atoms with van der Waals surface area (Å²) < 4.78 is 0. The zero-order valence-corrected chi connectivity index (χ0v) is 12.5. The second-order valence-electron chi connectivity index (χ2n) is 5.19. The van der Waals surface area contributed by atoms with Crippen molar-refractivity contribution in [3.63, 3.8) is 0 Å². The summed E-state index contributed by atoms with van der Waals surface area (Å²) in [6.07, 6.45) is 3.98. The largest absolute Gasteiger partial charge is 0.240 e. The first kappa shape index (κ1) is 15.6. The Hall–Kier alpha value is -2.80. The quantitative estimate of drug-likeness (QED) is 0.608. The van der Waals surface area contributed by atoms with Gasteiger partial charge >= 0.3 is 0 Å². The number of hydrogen-bond donors (Lipinski definition) is 0. The lowest BCUT2D eigenvalue weighted by atomic mass is 9.74. The molecule has 0 unspecified atom stereocenters. The molecule has 0 fully saturated rings. The number of carbonyl (C=O) groups excluding carboxylic acids is 2. The average molecular weight is 292 g/mol. The predicted octanol–water partition coefficient (Wildman–Crippen LogP) is 4.34. The summed E-state index contributed by atoms with van der Waals surface area (Å²) in [5.74, 6) is 0. The van der Waals surface area contributed by atoms with Crippen molar-refractivity contribution in [1.29, 1.82) is 0 Å². The van der Waals surface area contributed by atoms with Crippen LogP contribution in [0, 0.1) is 0 Å². The molecule has 0 amide bonds. The van der Waals surface area contributed by atoms with Gasteiger partial charge in [0, 0.05) is 5.41 Å². The first-order chi connectivity index (χ1) is 10.6. The monoisotopic (exact) mass is 292 g/mol. The van der Waals surface area contributed by atoms with Crippen molar-refractivity contribution < 1.29 is 9.59 Å². The standard InChI is InChI=1S/C18H16N2O2/c1-3-18(2,14-4-8-16(9-5-14)19-12-21)15-6-10-17(11-7-15)20-13-22/h4-11H,3H2,1-2H3. The Labute approximate surface area is 129 Å². The Kier molecular flexibility index (Phi) is 4.80. The fourth-order valence-electron chi connectivity index (χ4n) is 2.49. The lowest BCUT2D eigenvalue weighted by molar-refractivity contribution is 0.550. The van der Waals surface area contributed by atoms with Gasteiger partial charge in [-0.05, 0) is 41.8 Å². The van der Waals surface area contributed by atoms with E-state index in [1.165, 1.54) is 12.2 Å². The van der Waals surface area contributed by atoms with Crippen LogP contribution in [0.3, 0.4) is 0 Å². The molecule has 0 aliphatic heterocycles. The van der Waals surface area contributed by atoms with E-state index in [2.05, 4.69) is 23.8 Å². The summed E-state index contributed by atoms with van der Waals surface area (Å²) in [4.78, 5) is 27.8. The fraction of sp³-hybridized carbons (Fsp3) is 0.222. The predicted molar refractivity (Wildman–Crippen MR) is 85.2 cm³/mol. The highest BCUT2D eigenvalue weighted by Gasteiger charge is 2.26. The molecule has 0 heterocycles. The Morgan fingerprint density at radius 1 is 0.818 bits per heavy atom. The molecule has 0 bridgehead atoms. The van der Waals surface area contributed by atoms with E-state index < -0.39 is 0 Å². The molecule has 0 saturated carbocycles. The molecular weight excluding hydrogens is 276 g/mol. The van der Waals surface area contributed by atoms with Gasteiger partial charge in [0.2, 0.25) is 12.2 Å². The van der Waals surface area contributed by atoms with Crippen molar-refractivity contribution in [2.24, 2.45) is 9.98 Å². The van der Waals surface area contributed by atoms with Crippen LogP contribution in [-0.2, 0) is 15.0 Å². The maximum atomic E-state index is 10.3. The molecule has 0 N–H and O–H groups in total. The SMILES string of the molecule is CCC(C)(c1ccc(N=C=O)cc1)c1ccc(N=C=O)cc1. The number of nitrogens with zero attached hydrogens (tertiary/aromatic N) is 2. The van der Waals surface area contributed by atoms with E-state index in [9.17, 15) is 9.59 Å². The van der Waals surface area contributed by atoms with E-state index in [0.717, 1.165) is 17.5 Å². The molecule has 0 saturated heterocycles. The molecular formula is C18H16N2O2. The highest BCUT2D eigenvalue weighted by molar-refractivity contribution is 5.53. The number of rotatable bonds is 5. The summed E-state index contributed by atoms with van der Waals surface area (Å²) in [7, 11) is 0. The van der Waals surface area contributed by atoms with Crippen molar-refractivity contribution in [2.45, 2.75) is 25.7 Å². The Morgan fingerprint density at radius 3 is 1.45 bits per heavy atom.